The van der Waals surface area contributed by atoms with Crippen LogP contribution in [0.5, 0.6) is 23.0 Å². The number of halogens is 2. The molecule has 0 bridgehead atoms. The topological polar surface area (TPSA) is 198 Å². The highest BCUT2D eigenvalue weighted by molar-refractivity contribution is 7.93. The molecule has 14 nitrogen and oxygen atoms in total. The molecule has 2 aliphatic rings. The van der Waals surface area contributed by atoms with Crippen LogP contribution < -0.4 is 20.4 Å². The Kier molecular flexibility index (Phi) is 15.3. The van der Waals surface area contributed by atoms with E-state index in [9.17, 15) is 31.6 Å². The van der Waals surface area contributed by atoms with Gasteiger partial charge in [-0.15, -0.1) is 0 Å². The van der Waals surface area contributed by atoms with E-state index in [2.05, 4.69) is 4.90 Å². The largest absolute Gasteiger partial charge is 0.457 e. The SMILES string of the molecule is O=C(NO)C1(CS(=O)(=O)c2ccc(Oc3ccc(Cl)cc3)cc2)CCOCC1.O=C(NO)C1(S(=O)(=O)c2ccc(Oc3ccc(Cl)cc3)cc2)CCN(Cc2ccccc2)CC1. The second-order valence-corrected chi connectivity index (χ2v) is 20.0. The maximum absolute atomic E-state index is 13.6. The summed E-state index contributed by atoms with van der Waals surface area (Å²) in [7, 11) is -7.87. The van der Waals surface area contributed by atoms with Crippen LogP contribution in [0.25, 0.3) is 0 Å². The minimum absolute atomic E-state index is 0.00364. The van der Waals surface area contributed by atoms with Crippen molar-refractivity contribution in [2.45, 2.75) is 46.8 Å². The first-order valence-electron chi connectivity index (χ1n) is 19.5. The highest BCUT2D eigenvalue weighted by Crippen LogP contribution is 2.38. The Balaban J connectivity index is 0.000000211. The number of amides is 2. The van der Waals surface area contributed by atoms with Crippen LogP contribution in [0.3, 0.4) is 0 Å². The number of rotatable bonds is 13. The Bertz CT molecular complexity index is 2500. The van der Waals surface area contributed by atoms with Crippen molar-refractivity contribution in [2.24, 2.45) is 5.41 Å². The van der Waals surface area contributed by atoms with Crippen LogP contribution >= 0.6 is 23.2 Å². The summed E-state index contributed by atoms with van der Waals surface area (Å²) < 4.78 is 67.9. The van der Waals surface area contributed by atoms with Gasteiger partial charge in [0.1, 0.15) is 23.0 Å². The number of benzene rings is 5. The number of nitrogens with zero attached hydrogens (tertiary/aromatic N) is 1. The third-order valence-electron chi connectivity index (χ3n) is 10.9. The third-order valence-corrected chi connectivity index (χ3v) is 15.8. The molecule has 0 atom stereocenters. The number of hydrogen-bond donors (Lipinski definition) is 4. The molecule has 2 aliphatic heterocycles. The van der Waals surface area contributed by atoms with Gasteiger partial charge in [-0.05, 0) is 128 Å². The molecule has 4 N–H and O–H groups in total. The van der Waals surface area contributed by atoms with Crippen molar-refractivity contribution in [2.75, 3.05) is 32.1 Å². The number of carbonyl (C=O) groups excluding carboxylic acids is 2. The van der Waals surface area contributed by atoms with Crippen molar-refractivity contribution in [3.63, 3.8) is 0 Å². The summed E-state index contributed by atoms with van der Waals surface area (Å²) in [5.41, 5.74) is 3.09. The summed E-state index contributed by atoms with van der Waals surface area (Å²) in [4.78, 5) is 27.1. The maximum atomic E-state index is 13.6. The molecular weight excluding hydrogens is 882 g/mol. The smallest absolute Gasteiger partial charge is 0.265 e. The van der Waals surface area contributed by atoms with Gasteiger partial charge in [-0.25, -0.2) is 27.8 Å². The molecule has 0 saturated carbocycles. The molecule has 18 heteroatoms. The lowest BCUT2D eigenvalue weighted by Gasteiger charge is -2.39. The van der Waals surface area contributed by atoms with Gasteiger partial charge in [0.15, 0.2) is 24.4 Å². The van der Waals surface area contributed by atoms with Crippen LogP contribution in [0.1, 0.15) is 31.2 Å². The van der Waals surface area contributed by atoms with E-state index in [0.717, 1.165) is 5.56 Å². The van der Waals surface area contributed by atoms with Gasteiger partial charge in [0.25, 0.3) is 11.8 Å². The second-order valence-electron chi connectivity index (χ2n) is 14.8. The van der Waals surface area contributed by atoms with Gasteiger partial charge >= 0.3 is 0 Å². The quantitative estimate of drug-likeness (QED) is 0.0666. The van der Waals surface area contributed by atoms with Crippen LogP contribution in [0.4, 0.5) is 0 Å². The Morgan fingerprint density at radius 1 is 0.613 bits per heavy atom. The van der Waals surface area contributed by atoms with E-state index in [1.165, 1.54) is 36.4 Å². The second kappa shape index (κ2) is 20.4. The molecular formula is C44H45Cl2N3O11S2. The summed E-state index contributed by atoms with van der Waals surface area (Å²) in [5, 5.41) is 19.6. The van der Waals surface area contributed by atoms with Crippen molar-refractivity contribution < 1.29 is 51.0 Å². The first-order valence-corrected chi connectivity index (χ1v) is 23.4. The lowest BCUT2D eigenvalue weighted by atomic mass is 9.81. The van der Waals surface area contributed by atoms with Crippen LogP contribution in [0.2, 0.25) is 10.0 Å². The van der Waals surface area contributed by atoms with E-state index in [4.69, 9.17) is 42.6 Å². The minimum Gasteiger partial charge on any atom is -0.457 e. The zero-order valence-electron chi connectivity index (χ0n) is 33.3. The Morgan fingerprint density at radius 2 is 1.05 bits per heavy atom. The molecule has 5 aromatic rings. The average Bonchev–Trinajstić information content (AvgIpc) is 3.28. The molecule has 2 fully saturated rings. The van der Waals surface area contributed by atoms with Crippen LogP contribution in [-0.2, 0) is 40.5 Å². The molecule has 0 spiro atoms. The van der Waals surface area contributed by atoms with E-state index < -0.39 is 47.4 Å². The third kappa shape index (κ3) is 11.1. The van der Waals surface area contributed by atoms with E-state index in [1.54, 1.807) is 71.6 Å². The van der Waals surface area contributed by atoms with Gasteiger partial charge in [0, 0.05) is 42.9 Å². The Labute approximate surface area is 370 Å². The van der Waals surface area contributed by atoms with Crippen molar-refractivity contribution in [1.82, 2.24) is 15.9 Å². The van der Waals surface area contributed by atoms with Gasteiger partial charge in [0.2, 0.25) is 0 Å². The Hall–Kier alpha value is -5.04. The normalized spacial score (nSPS) is 16.2. The van der Waals surface area contributed by atoms with Gasteiger partial charge in [-0.2, -0.15) is 0 Å². The Morgan fingerprint density at radius 3 is 1.50 bits per heavy atom. The zero-order valence-corrected chi connectivity index (χ0v) is 36.4. The zero-order chi connectivity index (χ0) is 44.4. The number of likely N-dealkylation sites (tertiary alicyclic amines) is 1. The molecule has 2 amide bonds. The predicted octanol–water partition coefficient (Wildman–Crippen LogP) is 7.65. The van der Waals surface area contributed by atoms with E-state index in [-0.39, 0.29) is 48.7 Å². The lowest BCUT2D eigenvalue weighted by Crippen LogP contribution is -2.57. The monoisotopic (exact) mass is 925 g/mol. The number of ether oxygens (including phenoxy) is 3. The molecule has 328 valence electrons. The first kappa shape index (κ1) is 46.5. The van der Waals surface area contributed by atoms with Gasteiger partial charge in [-0.3, -0.25) is 24.9 Å². The minimum atomic E-state index is -4.10. The predicted molar refractivity (Wildman–Crippen MR) is 231 cm³/mol. The van der Waals surface area contributed by atoms with Gasteiger partial charge in [0.05, 0.1) is 21.0 Å². The highest BCUT2D eigenvalue weighted by Gasteiger charge is 2.53. The van der Waals surface area contributed by atoms with Crippen molar-refractivity contribution in [3.05, 3.63) is 143 Å². The number of carbonyl (C=O) groups is 2. The van der Waals surface area contributed by atoms with Crippen LogP contribution in [0, 0.1) is 5.41 Å². The van der Waals surface area contributed by atoms with Crippen LogP contribution in [0.15, 0.2) is 137 Å². The van der Waals surface area contributed by atoms with E-state index in [1.807, 2.05) is 30.3 Å². The molecule has 0 aliphatic carbocycles. The maximum Gasteiger partial charge on any atom is 0.265 e. The fraction of sp³-hybridized carbons (Fsp3) is 0.273. The molecule has 7 rings (SSSR count). The number of hydroxylamine groups is 2. The molecule has 0 aromatic heterocycles. The van der Waals surface area contributed by atoms with Crippen LogP contribution in [-0.4, -0.2) is 80.8 Å². The fourth-order valence-corrected chi connectivity index (χ4v) is 11.4. The van der Waals surface area contributed by atoms with E-state index >= 15 is 0 Å². The molecule has 0 radical (unpaired) electrons. The number of sulfone groups is 2. The summed E-state index contributed by atoms with van der Waals surface area (Å²) >= 11 is 11.7. The summed E-state index contributed by atoms with van der Waals surface area (Å²) in [6.07, 6.45) is 0.571. The molecule has 5 aromatic carbocycles. The van der Waals surface area contributed by atoms with E-state index in [0.29, 0.717) is 52.7 Å². The molecule has 2 heterocycles. The number of nitrogens with one attached hydrogen (secondary N) is 2. The highest BCUT2D eigenvalue weighted by atomic mass is 35.5. The first-order chi connectivity index (χ1) is 29.7. The van der Waals surface area contributed by atoms with Gasteiger partial charge < -0.3 is 14.2 Å². The standard InChI is InChI=1S/C25H25ClN2O5S.C19H20ClNO6S/c26-20-6-8-21(9-7-20)33-22-10-12-23(13-11-22)34(31,32)25(24(29)27-30)14-16-28(17-15-25)18-19-4-2-1-3-5-19;20-14-1-3-15(4-2-14)27-16-5-7-17(8-6-16)28(24,25)13-19(18(22)21-23)9-11-26-12-10-19/h1-13,30H,14-18H2,(H,27,29);1-8,23H,9-13H2,(H,21,22). The summed E-state index contributed by atoms with van der Waals surface area (Å²) in [5.74, 6) is 0.0144. The summed E-state index contributed by atoms with van der Waals surface area (Å²) in [6, 6.07) is 35.3. The van der Waals surface area contributed by atoms with Gasteiger partial charge in [-0.1, -0.05) is 53.5 Å². The lowest BCUT2D eigenvalue weighted by molar-refractivity contribution is -0.143. The number of piperidine rings is 1. The van der Waals surface area contributed by atoms with Crippen molar-refractivity contribution >= 4 is 54.7 Å². The molecule has 62 heavy (non-hydrogen) atoms. The van der Waals surface area contributed by atoms with Crippen molar-refractivity contribution in [1.29, 1.82) is 0 Å². The average molecular weight is 927 g/mol. The summed E-state index contributed by atoms with van der Waals surface area (Å²) in [6.45, 7) is 1.99. The fourth-order valence-electron chi connectivity index (χ4n) is 7.30. The molecule has 2 saturated heterocycles. The molecule has 0 unspecified atom stereocenters. The van der Waals surface area contributed by atoms with Crippen molar-refractivity contribution in [3.8, 4) is 23.0 Å². The number of hydrogen-bond acceptors (Lipinski definition) is 12.